The van der Waals surface area contributed by atoms with Gasteiger partial charge in [-0.3, -0.25) is 4.79 Å². The summed E-state index contributed by atoms with van der Waals surface area (Å²) in [7, 11) is 0. The summed E-state index contributed by atoms with van der Waals surface area (Å²) in [5.74, 6) is 1.67. The van der Waals surface area contributed by atoms with Crippen molar-refractivity contribution in [2.45, 2.75) is 45.4 Å². The van der Waals surface area contributed by atoms with Gasteiger partial charge in [0, 0.05) is 29.6 Å². The molecule has 0 saturated heterocycles. The molecule has 6 rings (SSSR count). The number of aromatic nitrogens is 2. The van der Waals surface area contributed by atoms with Crippen LogP contribution in [0.15, 0.2) is 35.0 Å². The number of carbonyl (C=O) groups excluding carboxylic acids is 1. The summed E-state index contributed by atoms with van der Waals surface area (Å²) >= 11 is 3.50. The molecule has 1 N–H and O–H groups in total. The third-order valence-electron chi connectivity index (χ3n) is 5.68. The fourth-order valence-corrected chi connectivity index (χ4v) is 5.60. The van der Waals surface area contributed by atoms with Gasteiger partial charge in [0.1, 0.15) is 9.66 Å². The maximum absolute atomic E-state index is 10.9. The molecule has 2 aliphatic carbocycles. The highest BCUT2D eigenvalue weighted by Gasteiger charge is 2.24. The van der Waals surface area contributed by atoms with E-state index in [0.717, 1.165) is 42.6 Å². The fraction of sp³-hybridized carbons (Fsp3) is 0.409. The zero-order chi connectivity index (χ0) is 19.1. The van der Waals surface area contributed by atoms with Crippen LogP contribution in [0.1, 0.15) is 41.9 Å². The summed E-state index contributed by atoms with van der Waals surface area (Å²) in [4.78, 5) is 13.5. The number of aldehydes is 1. The quantitative estimate of drug-likeness (QED) is 0.423. The first-order chi connectivity index (χ1) is 13.8. The van der Waals surface area contributed by atoms with E-state index in [4.69, 9.17) is 0 Å². The number of hydrogen-bond acceptors (Lipinski definition) is 4. The molecule has 0 aromatic carbocycles. The SMILES string of the molecule is O=Cc1cc2ccsc2n1CC1CC1.OCc1cc2ccsc2n1CC1CC1. The molecule has 2 aliphatic rings. The van der Waals surface area contributed by atoms with Crippen molar-refractivity contribution >= 4 is 49.4 Å². The zero-order valence-electron chi connectivity index (χ0n) is 15.7. The van der Waals surface area contributed by atoms with Gasteiger partial charge in [-0.2, -0.15) is 0 Å². The Morgan fingerprint density at radius 2 is 1.50 bits per heavy atom. The normalized spacial score (nSPS) is 16.5. The van der Waals surface area contributed by atoms with Crippen molar-refractivity contribution in [3.8, 4) is 0 Å². The Morgan fingerprint density at radius 3 is 2.07 bits per heavy atom. The van der Waals surface area contributed by atoms with Crippen LogP contribution in [0, 0.1) is 11.8 Å². The fourth-order valence-electron chi connectivity index (χ4n) is 3.76. The van der Waals surface area contributed by atoms with Crippen LogP contribution >= 0.6 is 22.7 Å². The van der Waals surface area contributed by atoms with E-state index in [2.05, 4.69) is 38.1 Å². The van der Waals surface area contributed by atoms with E-state index in [1.54, 1.807) is 22.7 Å². The maximum atomic E-state index is 10.9. The first-order valence-electron chi connectivity index (χ1n) is 9.95. The Hall–Kier alpha value is -1.89. The number of rotatable bonds is 6. The van der Waals surface area contributed by atoms with Gasteiger partial charge in [-0.15, -0.1) is 22.7 Å². The molecule has 0 unspecified atom stereocenters. The summed E-state index contributed by atoms with van der Waals surface area (Å²) in [5, 5.41) is 15.9. The van der Waals surface area contributed by atoms with E-state index in [1.807, 2.05) is 6.07 Å². The summed E-state index contributed by atoms with van der Waals surface area (Å²) in [6.45, 7) is 2.28. The van der Waals surface area contributed by atoms with Crippen molar-refractivity contribution in [2.24, 2.45) is 11.8 Å². The second-order valence-corrected chi connectivity index (χ2v) is 9.74. The Labute approximate surface area is 172 Å². The highest BCUT2D eigenvalue weighted by molar-refractivity contribution is 7.17. The van der Waals surface area contributed by atoms with Gasteiger partial charge >= 0.3 is 0 Å². The minimum absolute atomic E-state index is 0.161. The number of carbonyl (C=O) groups is 1. The number of aliphatic hydroxyl groups is 1. The number of hydrogen-bond donors (Lipinski definition) is 1. The molecule has 2 saturated carbocycles. The van der Waals surface area contributed by atoms with Gasteiger partial charge in [0.25, 0.3) is 0 Å². The molecule has 0 bridgehead atoms. The lowest BCUT2D eigenvalue weighted by atomic mass is 10.3. The van der Waals surface area contributed by atoms with Gasteiger partial charge in [0.2, 0.25) is 0 Å². The summed E-state index contributed by atoms with van der Waals surface area (Å²) < 4.78 is 4.46. The lowest BCUT2D eigenvalue weighted by Gasteiger charge is -2.06. The zero-order valence-corrected chi connectivity index (χ0v) is 17.3. The lowest BCUT2D eigenvalue weighted by molar-refractivity contribution is 0.111. The van der Waals surface area contributed by atoms with Crippen LogP contribution in [0.3, 0.4) is 0 Å². The van der Waals surface area contributed by atoms with Crippen LogP contribution in [-0.2, 0) is 19.7 Å². The molecular formula is C22H24N2O2S2. The van der Waals surface area contributed by atoms with Crippen molar-refractivity contribution in [3.63, 3.8) is 0 Å². The first kappa shape index (κ1) is 18.2. The van der Waals surface area contributed by atoms with Gasteiger partial charge < -0.3 is 14.2 Å². The van der Waals surface area contributed by atoms with Gasteiger partial charge in [0.15, 0.2) is 6.29 Å². The van der Waals surface area contributed by atoms with E-state index >= 15 is 0 Å². The highest BCUT2D eigenvalue weighted by Crippen LogP contribution is 2.35. The molecule has 6 heteroatoms. The summed E-state index contributed by atoms with van der Waals surface area (Å²) in [6.07, 6.45) is 6.33. The molecule has 0 radical (unpaired) electrons. The van der Waals surface area contributed by atoms with E-state index in [9.17, 15) is 9.90 Å². The van der Waals surface area contributed by atoms with Crippen LogP contribution in [-0.4, -0.2) is 20.5 Å². The average molecular weight is 413 g/mol. The molecule has 28 heavy (non-hydrogen) atoms. The molecule has 2 fully saturated rings. The van der Waals surface area contributed by atoms with Crippen molar-refractivity contribution in [3.05, 3.63) is 46.4 Å². The van der Waals surface area contributed by atoms with Gasteiger partial charge in [-0.25, -0.2) is 0 Å². The molecule has 0 amide bonds. The standard InChI is InChI=1S/C11H13NOS.C11H11NOS/c2*13-7-10-5-9-3-4-14-11(9)12(10)6-8-1-2-8/h3-5,8,13H,1-2,6-7H2;3-5,7-8H,1-2,6H2. The number of fused-ring (bicyclic) bond motifs is 2. The molecule has 4 aromatic heterocycles. The molecule has 0 atom stereocenters. The average Bonchev–Trinajstić information content (AvgIpc) is 3.52. The number of aliphatic hydroxyl groups excluding tert-OH is 1. The summed E-state index contributed by atoms with van der Waals surface area (Å²) in [6, 6.07) is 8.30. The highest BCUT2D eigenvalue weighted by atomic mass is 32.1. The monoisotopic (exact) mass is 412 g/mol. The van der Waals surface area contributed by atoms with Crippen LogP contribution < -0.4 is 0 Å². The van der Waals surface area contributed by atoms with Crippen LogP contribution in [0.4, 0.5) is 0 Å². The molecule has 0 aliphatic heterocycles. The Balaban J connectivity index is 0.000000122. The van der Waals surface area contributed by atoms with E-state index in [-0.39, 0.29) is 6.61 Å². The van der Waals surface area contributed by atoms with E-state index in [1.165, 1.54) is 46.1 Å². The lowest BCUT2D eigenvalue weighted by Crippen LogP contribution is -2.03. The van der Waals surface area contributed by atoms with Gasteiger partial charge in [-0.05, 0) is 72.5 Å². The van der Waals surface area contributed by atoms with Gasteiger partial charge in [0.05, 0.1) is 12.3 Å². The third kappa shape index (κ3) is 3.56. The summed E-state index contributed by atoms with van der Waals surface area (Å²) in [5.41, 5.74) is 1.90. The van der Waals surface area contributed by atoms with Crippen molar-refractivity contribution in [1.82, 2.24) is 9.13 Å². The largest absolute Gasteiger partial charge is 0.390 e. The smallest absolute Gasteiger partial charge is 0.166 e. The van der Waals surface area contributed by atoms with Crippen molar-refractivity contribution in [2.75, 3.05) is 0 Å². The van der Waals surface area contributed by atoms with E-state index in [0.29, 0.717) is 0 Å². The third-order valence-corrected chi connectivity index (χ3v) is 7.58. The minimum Gasteiger partial charge on any atom is -0.390 e. The van der Waals surface area contributed by atoms with Crippen molar-refractivity contribution in [1.29, 1.82) is 0 Å². The van der Waals surface area contributed by atoms with Gasteiger partial charge in [-0.1, -0.05) is 0 Å². The Morgan fingerprint density at radius 1 is 0.929 bits per heavy atom. The Bertz CT molecular complexity index is 1110. The maximum Gasteiger partial charge on any atom is 0.166 e. The number of nitrogens with zero attached hydrogens (tertiary/aromatic N) is 2. The molecule has 4 heterocycles. The second-order valence-electron chi connectivity index (χ2n) is 7.95. The first-order valence-corrected chi connectivity index (χ1v) is 11.7. The Kier molecular flexibility index (Phi) is 4.87. The second kappa shape index (κ2) is 7.50. The molecule has 0 spiro atoms. The molecule has 146 valence electrons. The number of thiophene rings is 2. The van der Waals surface area contributed by atoms with Crippen LogP contribution in [0.25, 0.3) is 20.4 Å². The predicted octanol–water partition coefficient (Wildman–Crippen LogP) is 5.53. The van der Waals surface area contributed by atoms with Crippen LogP contribution in [0.5, 0.6) is 0 Å². The molecule has 4 nitrogen and oxygen atoms in total. The van der Waals surface area contributed by atoms with E-state index < -0.39 is 0 Å². The predicted molar refractivity (Wildman–Crippen MR) is 116 cm³/mol. The molecule has 4 aromatic rings. The topological polar surface area (TPSA) is 47.2 Å². The molecular weight excluding hydrogens is 388 g/mol. The van der Waals surface area contributed by atoms with Crippen molar-refractivity contribution < 1.29 is 9.90 Å². The van der Waals surface area contributed by atoms with Crippen LogP contribution in [0.2, 0.25) is 0 Å². The minimum atomic E-state index is 0.161.